The number of amidine groups is 1. The molecule has 1 aliphatic rings. The van der Waals surface area contributed by atoms with Gasteiger partial charge >= 0.3 is 0 Å². The summed E-state index contributed by atoms with van der Waals surface area (Å²) >= 11 is 1.44. The molecule has 0 saturated heterocycles. The fourth-order valence-corrected chi connectivity index (χ4v) is 3.37. The average molecular weight is 370 g/mol. The van der Waals surface area contributed by atoms with E-state index < -0.39 is 0 Å². The van der Waals surface area contributed by atoms with Crippen LogP contribution in [-0.2, 0) is 17.6 Å². The molecule has 1 aromatic carbocycles. The van der Waals surface area contributed by atoms with E-state index in [9.17, 15) is 4.79 Å². The maximum absolute atomic E-state index is 12.1. The minimum absolute atomic E-state index is 0.0510. The molecule has 8 heteroatoms. The van der Waals surface area contributed by atoms with Gasteiger partial charge in [-0.15, -0.1) is 15.3 Å². The molecule has 3 rings (SSSR count). The number of carbonyl (C=O) groups is 1. The van der Waals surface area contributed by atoms with Crippen LogP contribution in [0, 0.1) is 0 Å². The van der Waals surface area contributed by atoms with Crippen molar-refractivity contribution in [2.24, 2.45) is 10.2 Å². The molecular weight excluding hydrogens is 348 g/mol. The van der Waals surface area contributed by atoms with Gasteiger partial charge in [0, 0.05) is 18.6 Å². The summed E-state index contributed by atoms with van der Waals surface area (Å²) in [6.45, 7) is 0. The van der Waals surface area contributed by atoms with E-state index in [1.165, 1.54) is 11.3 Å². The number of unbranched alkanes of at least 4 members (excludes halogenated alkanes) is 1. The monoisotopic (exact) mass is 370 g/mol. The van der Waals surface area contributed by atoms with E-state index in [0.29, 0.717) is 17.4 Å². The molecule has 136 valence electrons. The Bertz CT molecular complexity index is 799. The second kappa shape index (κ2) is 9.19. The van der Waals surface area contributed by atoms with Crippen LogP contribution in [0.1, 0.15) is 42.7 Å². The smallest absolute Gasteiger partial charge is 0.229 e. The number of nitrogen functional groups attached to an aromatic ring is 1. The van der Waals surface area contributed by atoms with Gasteiger partial charge in [0.05, 0.1) is 6.42 Å². The van der Waals surface area contributed by atoms with E-state index in [-0.39, 0.29) is 5.91 Å². The van der Waals surface area contributed by atoms with Crippen LogP contribution in [0.15, 0.2) is 40.5 Å². The van der Waals surface area contributed by atoms with Crippen molar-refractivity contribution in [3.05, 3.63) is 40.9 Å². The van der Waals surface area contributed by atoms with Gasteiger partial charge in [-0.25, -0.2) is 0 Å². The summed E-state index contributed by atoms with van der Waals surface area (Å²) in [7, 11) is 0. The first-order chi connectivity index (χ1) is 12.7. The number of carbonyl (C=O) groups excluding carboxylic acids is 1. The molecule has 7 nitrogen and oxygen atoms in total. The van der Waals surface area contributed by atoms with Crippen molar-refractivity contribution in [2.75, 3.05) is 5.73 Å². The van der Waals surface area contributed by atoms with Crippen LogP contribution in [0.25, 0.3) is 0 Å². The molecule has 0 aliphatic carbocycles. The quantitative estimate of drug-likeness (QED) is 0.731. The normalized spacial score (nSPS) is 13.8. The fraction of sp³-hybridized carbons (Fsp3) is 0.389. The van der Waals surface area contributed by atoms with E-state index in [2.05, 4.69) is 25.7 Å². The Labute approximate surface area is 156 Å². The second-order valence-electron chi connectivity index (χ2n) is 6.16. The Hall–Kier alpha value is -2.61. The van der Waals surface area contributed by atoms with Gasteiger partial charge in [-0.2, -0.15) is 5.10 Å². The largest absolute Gasteiger partial charge is 0.374 e. The Morgan fingerprint density at radius 2 is 1.88 bits per heavy atom. The number of nitrogens with one attached hydrogen (secondary N) is 1. The maximum Gasteiger partial charge on any atom is 0.229 e. The zero-order valence-electron chi connectivity index (χ0n) is 14.5. The topological polar surface area (TPSA) is 106 Å². The molecule has 0 saturated carbocycles. The van der Waals surface area contributed by atoms with Gasteiger partial charge in [-0.3, -0.25) is 4.79 Å². The summed E-state index contributed by atoms with van der Waals surface area (Å²) in [4.78, 5) is 12.1. The Morgan fingerprint density at radius 1 is 1.08 bits per heavy atom. The molecular formula is C18H22N6OS. The van der Waals surface area contributed by atoms with E-state index in [1.807, 2.05) is 30.3 Å². The van der Waals surface area contributed by atoms with E-state index >= 15 is 0 Å². The third-order valence-electron chi connectivity index (χ3n) is 4.04. The number of rotatable bonds is 7. The number of anilines is 1. The first-order valence-corrected chi connectivity index (χ1v) is 9.54. The van der Waals surface area contributed by atoms with Crippen molar-refractivity contribution >= 4 is 33.9 Å². The van der Waals surface area contributed by atoms with Crippen LogP contribution in [0.5, 0.6) is 0 Å². The Kier molecular flexibility index (Phi) is 6.43. The van der Waals surface area contributed by atoms with Crippen LogP contribution in [0.3, 0.4) is 0 Å². The van der Waals surface area contributed by atoms with Crippen molar-refractivity contribution in [1.29, 1.82) is 0 Å². The van der Waals surface area contributed by atoms with Crippen LogP contribution in [0.2, 0.25) is 0 Å². The van der Waals surface area contributed by atoms with E-state index in [4.69, 9.17) is 5.73 Å². The molecule has 0 unspecified atom stereocenters. The zero-order chi connectivity index (χ0) is 18.2. The van der Waals surface area contributed by atoms with Gasteiger partial charge in [0.15, 0.2) is 0 Å². The van der Waals surface area contributed by atoms with Gasteiger partial charge in [-0.05, 0) is 31.2 Å². The number of hydrogen-bond donors (Lipinski definition) is 2. The van der Waals surface area contributed by atoms with E-state index in [0.717, 1.165) is 54.8 Å². The molecule has 0 atom stereocenters. The summed E-state index contributed by atoms with van der Waals surface area (Å²) in [5.74, 6) is 0.601. The van der Waals surface area contributed by atoms with E-state index in [1.54, 1.807) is 0 Å². The summed E-state index contributed by atoms with van der Waals surface area (Å²) in [5.41, 5.74) is 7.65. The molecule has 3 N–H and O–H groups in total. The standard InChI is InChI=1S/C18H22N6OS/c19-18-24-23-17(26-18)9-5-4-8-14-10-11-15(22-21-14)20-16(25)12-13-6-2-1-3-7-13/h1-3,6-7H,4-5,8-12H2,(H2,19,24)(H,20,22,25). The highest BCUT2D eigenvalue weighted by Crippen LogP contribution is 2.15. The number of aryl methyl sites for hydroxylation is 1. The van der Waals surface area contributed by atoms with Gasteiger partial charge in [0.1, 0.15) is 10.8 Å². The fourth-order valence-electron chi connectivity index (χ4n) is 2.72. The third kappa shape index (κ3) is 5.73. The summed E-state index contributed by atoms with van der Waals surface area (Å²) in [5, 5.41) is 20.6. The van der Waals surface area contributed by atoms with Crippen molar-refractivity contribution in [3.63, 3.8) is 0 Å². The SMILES string of the molecule is Nc1nnc(CCCCC2=NN=C(NC(=O)Cc3ccccc3)CC2)s1. The van der Waals surface area contributed by atoms with Crippen molar-refractivity contribution in [1.82, 2.24) is 15.5 Å². The minimum Gasteiger partial charge on any atom is -0.374 e. The van der Waals surface area contributed by atoms with Crippen LogP contribution < -0.4 is 11.1 Å². The van der Waals surface area contributed by atoms with Gasteiger partial charge < -0.3 is 11.1 Å². The highest BCUT2D eigenvalue weighted by atomic mass is 32.1. The second-order valence-corrected chi connectivity index (χ2v) is 7.26. The predicted molar refractivity (Wildman–Crippen MR) is 104 cm³/mol. The lowest BCUT2D eigenvalue weighted by Gasteiger charge is -2.13. The molecule has 0 radical (unpaired) electrons. The third-order valence-corrected chi connectivity index (χ3v) is 4.85. The lowest BCUT2D eigenvalue weighted by atomic mass is 10.1. The molecule has 0 fully saturated rings. The summed E-state index contributed by atoms with van der Waals surface area (Å²) in [6, 6.07) is 9.67. The van der Waals surface area contributed by atoms with Gasteiger partial charge in [0.25, 0.3) is 0 Å². The molecule has 1 aliphatic heterocycles. The number of hydrogen-bond acceptors (Lipinski definition) is 7. The van der Waals surface area contributed by atoms with Crippen molar-refractivity contribution < 1.29 is 4.79 Å². The number of benzene rings is 1. The molecule has 1 aromatic heterocycles. The van der Waals surface area contributed by atoms with Crippen LogP contribution >= 0.6 is 11.3 Å². The van der Waals surface area contributed by atoms with Gasteiger partial charge in [-0.1, -0.05) is 41.7 Å². The highest BCUT2D eigenvalue weighted by molar-refractivity contribution is 7.15. The first kappa shape index (κ1) is 18.2. The molecule has 2 heterocycles. The van der Waals surface area contributed by atoms with Crippen LogP contribution in [-0.4, -0.2) is 27.7 Å². The summed E-state index contributed by atoms with van der Waals surface area (Å²) < 4.78 is 0. The molecule has 26 heavy (non-hydrogen) atoms. The molecule has 2 aromatic rings. The predicted octanol–water partition coefficient (Wildman–Crippen LogP) is 2.74. The first-order valence-electron chi connectivity index (χ1n) is 8.73. The van der Waals surface area contributed by atoms with Crippen molar-refractivity contribution in [2.45, 2.75) is 44.9 Å². The minimum atomic E-state index is -0.0510. The van der Waals surface area contributed by atoms with Crippen LogP contribution in [0.4, 0.5) is 5.13 Å². The number of nitrogens with two attached hydrogens (primary N) is 1. The van der Waals surface area contributed by atoms with Gasteiger partial charge in [0.2, 0.25) is 11.0 Å². The molecule has 0 spiro atoms. The number of aromatic nitrogens is 2. The molecule has 1 amide bonds. The number of nitrogens with zero attached hydrogens (tertiary/aromatic N) is 4. The highest BCUT2D eigenvalue weighted by Gasteiger charge is 2.13. The molecule has 0 bridgehead atoms. The maximum atomic E-state index is 12.1. The Morgan fingerprint density at radius 3 is 2.58 bits per heavy atom. The number of amides is 1. The van der Waals surface area contributed by atoms with Crippen molar-refractivity contribution in [3.8, 4) is 0 Å². The average Bonchev–Trinajstić information content (AvgIpc) is 3.06. The lowest BCUT2D eigenvalue weighted by molar-refractivity contribution is -0.119. The zero-order valence-corrected chi connectivity index (χ0v) is 15.3. The Balaban J connectivity index is 1.38. The lowest BCUT2D eigenvalue weighted by Crippen LogP contribution is -2.33. The summed E-state index contributed by atoms with van der Waals surface area (Å²) in [6.07, 6.45) is 5.80.